The van der Waals surface area contributed by atoms with E-state index < -0.39 is 12.2 Å². The number of aliphatic hydroxyl groups is 2. The van der Waals surface area contributed by atoms with E-state index in [0.29, 0.717) is 0 Å². The summed E-state index contributed by atoms with van der Waals surface area (Å²) in [5, 5.41) is 22.8. The maximum atomic E-state index is 11.4. The molecule has 1 fully saturated rings. The normalized spacial score (nSPS) is 26.4. The van der Waals surface area contributed by atoms with Gasteiger partial charge in [0.05, 0.1) is 26.4 Å². The number of hydrogen-bond donors (Lipinski definition) is 2. The zero-order valence-electron chi connectivity index (χ0n) is 24.6. The van der Waals surface area contributed by atoms with Gasteiger partial charge in [-0.1, -0.05) is 77.2 Å². The van der Waals surface area contributed by atoms with Crippen LogP contribution in [0.15, 0.2) is 80.3 Å². The molecule has 2 aromatic carbocycles. The van der Waals surface area contributed by atoms with E-state index in [-0.39, 0.29) is 22.7 Å². The van der Waals surface area contributed by atoms with Gasteiger partial charge < -0.3 is 19.7 Å². The molecule has 1 aliphatic carbocycles. The van der Waals surface area contributed by atoms with Gasteiger partial charge in [0.25, 0.3) is 0 Å². The van der Waals surface area contributed by atoms with Crippen molar-refractivity contribution in [1.82, 2.24) is 0 Å². The Labute approximate surface area is 247 Å². The van der Waals surface area contributed by atoms with Crippen molar-refractivity contribution in [3.8, 4) is 11.5 Å². The Hall–Kier alpha value is -2.38. The Morgan fingerprint density at radius 2 is 1.02 bits per heavy atom. The SMILES string of the molecule is COc1ccc2c(c1)/C(=C/C1C(O)C(/C=C3\C=C(C(C)(C)C)Sc4ccc(OC)cc43)C1O)C=C(C(C)(C)C)S2. The van der Waals surface area contributed by atoms with E-state index in [1.807, 2.05) is 24.3 Å². The van der Waals surface area contributed by atoms with Crippen molar-refractivity contribution in [2.24, 2.45) is 22.7 Å². The first-order valence-corrected chi connectivity index (χ1v) is 15.4. The number of thioether (sulfide) groups is 2. The molecule has 6 heteroatoms. The third kappa shape index (κ3) is 5.56. The second kappa shape index (κ2) is 10.8. The van der Waals surface area contributed by atoms with Crippen LogP contribution in [0.25, 0.3) is 11.1 Å². The first kappa shape index (κ1) is 29.1. The first-order valence-electron chi connectivity index (χ1n) is 13.8. The number of ether oxygens (including phenoxy) is 2. The number of rotatable bonds is 4. The van der Waals surface area contributed by atoms with E-state index >= 15 is 0 Å². The van der Waals surface area contributed by atoms with Crippen LogP contribution in [-0.4, -0.2) is 36.6 Å². The summed E-state index contributed by atoms with van der Waals surface area (Å²) in [5.41, 5.74) is 4.14. The van der Waals surface area contributed by atoms with Crippen molar-refractivity contribution in [3.05, 3.63) is 81.6 Å². The van der Waals surface area contributed by atoms with E-state index in [4.69, 9.17) is 9.47 Å². The van der Waals surface area contributed by atoms with E-state index in [1.54, 1.807) is 37.7 Å². The van der Waals surface area contributed by atoms with Crippen molar-refractivity contribution in [1.29, 1.82) is 0 Å². The fourth-order valence-corrected chi connectivity index (χ4v) is 7.53. The van der Waals surface area contributed by atoms with Crippen LogP contribution in [0.5, 0.6) is 11.5 Å². The summed E-state index contributed by atoms with van der Waals surface area (Å²) in [6.07, 6.45) is 7.13. The van der Waals surface area contributed by atoms with Gasteiger partial charge in [-0.2, -0.15) is 0 Å². The summed E-state index contributed by atoms with van der Waals surface area (Å²) in [6.45, 7) is 13.3. The van der Waals surface area contributed by atoms with Crippen molar-refractivity contribution < 1.29 is 19.7 Å². The number of hydrogen-bond acceptors (Lipinski definition) is 6. The molecule has 0 unspecified atom stereocenters. The van der Waals surface area contributed by atoms with Crippen LogP contribution in [0, 0.1) is 22.7 Å². The van der Waals surface area contributed by atoms with Gasteiger partial charge in [-0.25, -0.2) is 0 Å². The van der Waals surface area contributed by atoms with Crippen LogP contribution in [0.3, 0.4) is 0 Å². The summed E-state index contributed by atoms with van der Waals surface area (Å²) < 4.78 is 11.0. The maximum absolute atomic E-state index is 11.4. The molecule has 2 heterocycles. The lowest BCUT2D eigenvalue weighted by atomic mass is 9.67. The molecular formula is C34H40O4S2. The number of benzene rings is 2. The van der Waals surface area contributed by atoms with Crippen LogP contribution in [-0.2, 0) is 0 Å². The molecule has 3 aliphatic rings. The van der Waals surface area contributed by atoms with Crippen molar-refractivity contribution in [3.63, 3.8) is 0 Å². The lowest BCUT2D eigenvalue weighted by Crippen LogP contribution is -2.53. The Bertz CT molecular complexity index is 1320. The molecule has 0 amide bonds. The van der Waals surface area contributed by atoms with Gasteiger partial charge in [0.2, 0.25) is 0 Å². The highest BCUT2D eigenvalue weighted by Crippen LogP contribution is 2.51. The fraction of sp³-hybridized carbons (Fsp3) is 0.412. The van der Waals surface area contributed by atoms with Gasteiger partial charge >= 0.3 is 0 Å². The van der Waals surface area contributed by atoms with Gasteiger partial charge in [0, 0.05) is 21.6 Å². The smallest absolute Gasteiger partial charge is 0.119 e. The molecule has 1 saturated carbocycles. The minimum atomic E-state index is -0.694. The van der Waals surface area contributed by atoms with Gasteiger partial charge in [-0.05, 0) is 91.5 Å². The molecular weight excluding hydrogens is 537 g/mol. The Morgan fingerprint density at radius 3 is 1.35 bits per heavy atom. The largest absolute Gasteiger partial charge is 0.497 e. The second-order valence-corrected chi connectivity index (χ2v) is 15.0. The van der Waals surface area contributed by atoms with Gasteiger partial charge in [0.15, 0.2) is 0 Å². The zero-order valence-corrected chi connectivity index (χ0v) is 26.2. The van der Waals surface area contributed by atoms with Crippen LogP contribution < -0.4 is 9.47 Å². The van der Waals surface area contributed by atoms with Crippen LogP contribution in [0.1, 0.15) is 52.7 Å². The quantitative estimate of drug-likeness (QED) is 0.383. The third-order valence-electron chi connectivity index (χ3n) is 7.81. The summed E-state index contributed by atoms with van der Waals surface area (Å²) in [5.74, 6) is 0.845. The van der Waals surface area contributed by atoms with Gasteiger partial charge in [-0.15, -0.1) is 0 Å². The molecule has 0 atom stereocenters. The van der Waals surface area contributed by atoms with E-state index in [0.717, 1.165) is 43.6 Å². The van der Waals surface area contributed by atoms with Crippen molar-refractivity contribution in [2.75, 3.05) is 14.2 Å². The van der Waals surface area contributed by atoms with E-state index in [2.05, 4.69) is 78.0 Å². The average molecular weight is 577 g/mol. The first-order chi connectivity index (χ1) is 18.8. The molecule has 2 aromatic rings. The zero-order chi connectivity index (χ0) is 29.0. The minimum Gasteiger partial charge on any atom is -0.497 e. The van der Waals surface area contributed by atoms with Crippen LogP contribution >= 0.6 is 23.5 Å². The highest BCUT2D eigenvalue weighted by atomic mass is 32.2. The molecule has 4 nitrogen and oxygen atoms in total. The highest BCUT2D eigenvalue weighted by molar-refractivity contribution is 8.03. The summed E-state index contributed by atoms with van der Waals surface area (Å²) in [4.78, 5) is 4.82. The third-order valence-corrected chi connectivity index (χ3v) is 10.9. The topological polar surface area (TPSA) is 58.9 Å². The monoisotopic (exact) mass is 576 g/mol. The number of aliphatic hydroxyl groups excluding tert-OH is 2. The summed E-state index contributed by atoms with van der Waals surface area (Å²) in [7, 11) is 3.35. The molecule has 0 radical (unpaired) electrons. The number of methoxy groups -OCH3 is 2. The average Bonchev–Trinajstić information content (AvgIpc) is 2.92. The molecule has 0 saturated heterocycles. The Balaban J connectivity index is 1.51. The molecule has 5 rings (SSSR count). The highest BCUT2D eigenvalue weighted by Gasteiger charge is 2.47. The second-order valence-electron chi connectivity index (χ2n) is 12.8. The fourth-order valence-electron chi connectivity index (χ4n) is 5.23. The van der Waals surface area contributed by atoms with Gasteiger partial charge in [-0.3, -0.25) is 0 Å². The molecule has 2 N–H and O–H groups in total. The van der Waals surface area contributed by atoms with E-state index in [1.165, 1.54) is 9.81 Å². The van der Waals surface area contributed by atoms with Gasteiger partial charge in [0.1, 0.15) is 11.5 Å². The predicted molar refractivity (Wildman–Crippen MR) is 168 cm³/mol. The number of fused-ring (bicyclic) bond motifs is 2. The molecule has 0 aromatic heterocycles. The lowest BCUT2D eigenvalue weighted by Gasteiger charge is -2.44. The van der Waals surface area contributed by atoms with Crippen molar-refractivity contribution in [2.45, 2.75) is 63.5 Å². The van der Waals surface area contributed by atoms with Crippen LogP contribution in [0.2, 0.25) is 0 Å². The molecule has 2 aliphatic heterocycles. The molecule has 0 bridgehead atoms. The van der Waals surface area contributed by atoms with Crippen LogP contribution in [0.4, 0.5) is 0 Å². The molecule has 212 valence electrons. The maximum Gasteiger partial charge on any atom is 0.119 e. The standard InChI is InChI=1S/C34H40O4S2/c1-33(2,3)29-15-19(23-17-21(37-7)9-11-27(23)39-29)13-25-31(35)26(32(25)36)14-20-16-30(34(4,5)6)40-28-12-10-22(38-8)18-24(20)28/h9-18,25-26,31-32,35-36H,1-8H3/b19-13+,20-14+. The number of allylic oxidation sites excluding steroid dienone is 6. The molecule has 0 spiro atoms. The Morgan fingerprint density at radius 1 is 0.650 bits per heavy atom. The predicted octanol–water partition coefficient (Wildman–Crippen LogP) is 8.21. The summed E-state index contributed by atoms with van der Waals surface area (Å²) >= 11 is 3.55. The molecule has 40 heavy (non-hydrogen) atoms. The summed E-state index contributed by atoms with van der Waals surface area (Å²) in [6, 6.07) is 12.3. The van der Waals surface area contributed by atoms with E-state index in [9.17, 15) is 10.2 Å². The lowest BCUT2D eigenvalue weighted by molar-refractivity contribution is -0.109. The van der Waals surface area contributed by atoms with Crippen molar-refractivity contribution >= 4 is 34.7 Å². The Kier molecular flexibility index (Phi) is 7.86. The minimum absolute atomic E-state index is 0.0181.